The Morgan fingerprint density at radius 1 is 1.28 bits per heavy atom. The van der Waals surface area contributed by atoms with Gasteiger partial charge in [-0.15, -0.1) is 0 Å². The van der Waals surface area contributed by atoms with E-state index < -0.39 is 5.51 Å². The van der Waals surface area contributed by atoms with E-state index in [-0.39, 0.29) is 28.6 Å². The first-order chi connectivity index (χ1) is 8.08. The van der Waals surface area contributed by atoms with Gasteiger partial charge in [0.25, 0.3) is 0 Å². The molecule has 1 N–H and O–H groups in total. The van der Waals surface area contributed by atoms with Crippen LogP contribution in [0.2, 0.25) is 0 Å². The topological polar surface area (TPSA) is 15.3 Å². The summed E-state index contributed by atoms with van der Waals surface area (Å²) in [4.78, 5) is 2.17. The molecule has 1 unspecified atom stereocenters. The molecule has 1 saturated heterocycles. The molecule has 1 atom stereocenters. The molecule has 1 rings (SSSR count). The van der Waals surface area contributed by atoms with Crippen molar-refractivity contribution in [1.82, 2.24) is 10.2 Å². The van der Waals surface area contributed by atoms with Crippen molar-refractivity contribution in [3.8, 4) is 0 Å². The smallest absolute Gasteiger partial charge is 0.308 e. The number of hydrogen-bond acceptors (Lipinski definition) is 3. The zero-order valence-electron chi connectivity index (χ0n) is 11.5. The minimum absolute atomic E-state index is 0.0123. The van der Waals surface area contributed by atoms with Crippen LogP contribution >= 0.6 is 11.8 Å². The number of thioether (sulfide) groups is 1. The van der Waals surface area contributed by atoms with Crippen LogP contribution in [0, 0.1) is 0 Å². The predicted molar refractivity (Wildman–Crippen MR) is 70.9 cm³/mol. The molecule has 0 aromatic heterocycles. The lowest BCUT2D eigenvalue weighted by Crippen LogP contribution is -2.67. The lowest BCUT2D eigenvalue weighted by Gasteiger charge is -2.50. The Bertz CT molecular complexity index is 281. The van der Waals surface area contributed by atoms with Crippen molar-refractivity contribution in [2.75, 3.05) is 25.4 Å². The quantitative estimate of drug-likeness (QED) is 0.854. The Morgan fingerprint density at radius 3 is 2.39 bits per heavy atom. The van der Waals surface area contributed by atoms with Crippen LogP contribution in [-0.2, 0) is 0 Å². The third-order valence-corrected chi connectivity index (χ3v) is 4.46. The summed E-state index contributed by atoms with van der Waals surface area (Å²) in [5.41, 5.74) is -4.19. The van der Waals surface area contributed by atoms with Crippen LogP contribution in [0.4, 0.5) is 13.2 Å². The molecule has 108 valence electrons. The summed E-state index contributed by atoms with van der Waals surface area (Å²) in [7, 11) is 0. The second-order valence-electron chi connectivity index (χ2n) is 5.80. The summed E-state index contributed by atoms with van der Waals surface area (Å²) in [6, 6.07) is 0. The highest BCUT2D eigenvalue weighted by Gasteiger charge is 2.39. The largest absolute Gasteiger partial charge is 0.441 e. The van der Waals surface area contributed by atoms with E-state index in [9.17, 15) is 13.2 Å². The highest BCUT2D eigenvalue weighted by atomic mass is 32.2. The molecule has 6 heteroatoms. The van der Waals surface area contributed by atoms with Crippen LogP contribution in [0.3, 0.4) is 0 Å². The fourth-order valence-electron chi connectivity index (χ4n) is 2.12. The van der Waals surface area contributed by atoms with Crippen molar-refractivity contribution >= 4 is 11.8 Å². The van der Waals surface area contributed by atoms with E-state index in [1.54, 1.807) is 0 Å². The van der Waals surface area contributed by atoms with Gasteiger partial charge in [-0.3, -0.25) is 4.90 Å². The SMILES string of the molecule is CCC1(C)CN(CCSC(F)(F)F)C(C)(C)CN1. The first kappa shape index (κ1) is 16.1. The van der Waals surface area contributed by atoms with Crippen LogP contribution in [-0.4, -0.2) is 46.9 Å². The minimum Gasteiger partial charge on any atom is -0.308 e. The third-order valence-electron chi connectivity index (χ3n) is 3.75. The summed E-state index contributed by atoms with van der Waals surface area (Å²) in [5.74, 6) is 0.104. The van der Waals surface area contributed by atoms with Crippen LogP contribution in [0.25, 0.3) is 0 Å². The Labute approximate surface area is 112 Å². The normalized spacial score (nSPS) is 29.5. The van der Waals surface area contributed by atoms with Gasteiger partial charge in [0.05, 0.1) is 0 Å². The molecule has 0 saturated carbocycles. The van der Waals surface area contributed by atoms with Gasteiger partial charge in [0.2, 0.25) is 0 Å². The third kappa shape index (κ3) is 4.63. The molecule has 1 aliphatic heterocycles. The molecule has 1 heterocycles. The fourth-order valence-corrected chi connectivity index (χ4v) is 2.67. The Hall–Kier alpha value is 0.0600. The van der Waals surface area contributed by atoms with Crippen LogP contribution < -0.4 is 5.32 Å². The molecular formula is C12H23F3N2S. The van der Waals surface area contributed by atoms with Gasteiger partial charge in [-0.05, 0) is 39.0 Å². The standard InChI is InChI=1S/C12H23F3N2S/c1-5-11(4)9-17(10(2,3)8-16-11)6-7-18-12(13,14)15/h16H,5-9H2,1-4H3. The molecule has 0 radical (unpaired) electrons. The van der Waals surface area contributed by atoms with E-state index in [0.29, 0.717) is 6.54 Å². The lowest BCUT2D eigenvalue weighted by molar-refractivity contribution is -0.0332. The number of nitrogens with zero attached hydrogens (tertiary/aromatic N) is 1. The zero-order chi connectivity index (χ0) is 14.0. The van der Waals surface area contributed by atoms with Crippen molar-refractivity contribution < 1.29 is 13.2 Å². The Kier molecular flexibility index (Phi) is 5.00. The molecule has 1 fully saturated rings. The van der Waals surface area contributed by atoms with E-state index in [2.05, 4.69) is 37.9 Å². The molecule has 2 nitrogen and oxygen atoms in total. The van der Waals surface area contributed by atoms with Crippen molar-refractivity contribution in [2.45, 2.75) is 50.7 Å². The summed E-state index contributed by atoms with van der Waals surface area (Å²) >= 11 is 0.0736. The maximum absolute atomic E-state index is 12.2. The molecule has 1 aliphatic rings. The first-order valence-corrected chi connectivity index (χ1v) is 7.27. The van der Waals surface area contributed by atoms with Gasteiger partial charge in [-0.2, -0.15) is 13.2 Å². The van der Waals surface area contributed by atoms with E-state index in [0.717, 1.165) is 19.5 Å². The fraction of sp³-hybridized carbons (Fsp3) is 1.00. The highest BCUT2D eigenvalue weighted by Crippen LogP contribution is 2.31. The van der Waals surface area contributed by atoms with Gasteiger partial charge in [-0.1, -0.05) is 6.92 Å². The molecule has 0 aliphatic carbocycles. The van der Waals surface area contributed by atoms with E-state index in [1.165, 1.54) is 0 Å². The van der Waals surface area contributed by atoms with E-state index in [4.69, 9.17) is 0 Å². The number of alkyl halides is 3. The molecule has 18 heavy (non-hydrogen) atoms. The molecule has 0 amide bonds. The summed E-state index contributed by atoms with van der Waals surface area (Å²) in [6.07, 6.45) is 0.978. The monoisotopic (exact) mass is 284 g/mol. The van der Waals surface area contributed by atoms with Gasteiger partial charge in [0.1, 0.15) is 0 Å². The number of hydrogen-bond donors (Lipinski definition) is 1. The minimum atomic E-state index is -4.12. The van der Waals surface area contributed by atoms with Gasteiger partial charge < -0.3 is 5.32 Å². The van der Waals surface area contributed by atoms with Crippen molar-refractivity contribution in [1.29, 1.82) is 0 Å². The average molecular weight is 284 g/mol. The zero-order valence-corrected chi connectivity index (χ0v) is 12.3. The van der Waals surface area contributed by atoms with E-state index >= 15 is 0 Å². The number of piperazine rings is 1. The molecule has 0 spiro atoms. The van der Waals surface area contributed by atoms with Crippen LogP contribution in [0.5, 0.6) is 0 Å². The molecule has 0 aromatic carbocycles. The van der Waals surface area contributed by atoms with Gasteiger partial charge in [0.15, 0.2) is 0 Å². The summed E-state index contributed by atoms with van der Waals surface area (Å²) < 4.78 is 36.5. The maximum atomic E-state index is 12.2. The molecule has 0 bridgehead atoms. The van der Waals surface area contributed by atoms with E-state index in [1.807, 2.05) is 0 Å². The van der Waals surface area contributed by atoms with Gasteiger partial charge >= 0.3 is 5.51 Å². The molecular weight excluding hydrogens is 261 g/mol. The van der Waals surface area contributed by atoms with Crippen molar-refractivity contribution in [2.24, 2.45) is 0 Å². The Morgan fingerprint density at radius 2 is 1.89 bits per heavy atom. The lowest BCUT2D eigenvalue weighted by atomic mass is 9.88. The predicted octanol–water partition coefficient (Wildman–Crippen LogP) is 3.09. The van der Waals surface area contributed by atoms with Crippen molar-refractivity contribution in [3.63, 3.8) is 0 Å². The number of halogens is 3. The summed E-state index contributed by atoms with van der Waals surface area (Å²) in [6.45, 7) is 10.5. The highest BCUT2D eigenvalue weighted by molar-refractivity contribution is 8.00. The second kappa shape index (κ2) is 5.59. The average Bonchev–Trinajstić information content (AvgIpc) is 2.22. The van der Waals surface area contributed by atoms with Crippen molar-refractivity contribution in [3.05, 3.63) is 0 Å². The number of nitrogens with one attached hydrogen (secondary N) is 1. The van der Waals surface area contributed by atoms with Gasteiger partial charge in [-0.25, -0.2) is 0 Å². The van der Waals surface area contributed by atoms with Crippen LogP contribution in [0.1, 0.15) is 34.1 Å². The summed E-state index contributed by atoms with van der Waals surface area (Å²) in [5, 5.41) is 3.50. The molecule has 0 aromatic rings. The maximum Gasteiger partial charge on any atom is 0.441 e. The van der Waals surface area contributed by atoms with Gasteiger partial charge in [0, 0.05) is 36.5 Å². The Balaban J connectivity index is 2.54. The van der Waals surface area contributed by atoms with Crippen LogP contribution in [0.15, 0.2) is 0 Å². The number of rotatable bonds is 4. The first-order valence-electron chi connectivity index (χ1n) is 6.29. The second-order valence-corrected chi connectivity index (χ2v) is 6.96.